The van der Waals surface area contributed by atoms with Crippen LogP contribution in [0.1, 0.15) is 5.56 Å². The Morgan fingerprint density at radius 3 is 2.50 bits per heavy atom. The molecular formula is C8H8Cl2O2S2. The lowest BCUT2D eigenvalue weighted by Crippen LogP contribution is -1.95. The predicted molar refractivity (Wildman–Crippen MR) is 61.7 cm³/mol. The average Bonchev–Trinajstić information content (AvgIpc) is 1.99. The van der Waals surface area contributed by atoms with Gasteiger partial charge in [0.05, 0.1) is 5.75 Å². The summed E-state index contributed by atoms with van der Waals surface area (Å²) in [5.41, 5.74) is 0.608. The van der Waals surface area contributed by atoms with Crippen LogP contribution in [-0.2, 0) is 14.8 Å². The SMILES string of the molecule is CSc1cc(Cl)cc(CS(=O)(=O)Cl)c1. The Labute approximate surface area is 97.0 Å². The molecule has 0 aliphatic rings. The standard InChI is InChI=1S/C8H8Cl2O2S2/c1-13-8-3-6(2-7(9)4-8)5-14(10,11)12/h2-4H,5H2,1H3. The molecule has 0 fully saturated rings. The molecule has 78 valence electrons. The van der Waals surface area contributed by atoms with Gasteiger partial charge in [0.15, 0.2) is 0 Å². The fourth-order valence-corrected chi connectivity index (χ4v) is 2.80. The van der Waals surface area contributed by atoms with Gasteiger partial charge in [0.1, 0.15) is 0 Å². The summed E-state index contributed by atoms with van der Waals surface area (Å²) in [5.74, 6) is -0.192. The van der Waals surface area contributed by atoms with Crippen LogP contribution >= 0.6 is 34.0 Å². The van der Waals surface area contributed by atoms with Crippen LogP contribution in [0.15, 0.2) is 23.1 Å². The summed E-state index contributed by atoms with van der Waals surface area (Å²) in [6.45, 7) is 0. The highest BCUT2D eigenvalue weighted by Gasteiger charge is 2.08. The minimum atomic E-state index is -3.51. The molecule has 0 saturated heterocycles. The van der Waals surface area contributed by atoms with E-state index >= 15 is 0 Å². The molecule has 0 aromatic heterocycles. The van der Waals surface area contributed by atoms with E-state index in [1.807, 2.05) is 6.26 Å². The van der Waals surface area contributed by atoms with Crippen molar-refractivity contribution in [2.75, 3.05) is 6.26 Å². The maximum absolute atomic E-state index is 10.8. The van der Waals surface area contributed by atoms with Gasteiger partial charge in [0.25, 0.3) is 0 Å². The monoisotopic (exact) mass is 270 g/mol. The summed E-state index contributed by atoms with van der Waals surface area (Å²) in [6.07, 6.45) is 1.89. The fourth-order valence-electron chi connectivity index (χ4n) is 1.02. The summed E-state index contributed by atoms with van der Waals surface area (Å²) in [6, 6.07) is 5.13. The van der Waals surface area contributed by atoms with Crippen LogP contribution in [0.25, 0.3) is 0 Å². The molecule has 0 N–H and O–H groups in total. The molecule has 6 heteroatoms. The van der Waals surface area contributed by atoms with Crippen molar-refractivity contribution in [2.24, 2.45) is 0 Å². The Hall–Kier alpha value is 0.1000. The zero-order chi connectivity index (χ0) is 10.8. The molecular weight excluding hydrogens is 263 g/mol. The van der Waals surface area contributed by atoms with E-state index < -0.39 is 9.05 Å². The second-order valence-electron chi connectivity index (χ2n) is 2.68. The molecule has 0 aliphatic heterocycles. The fraction of sp³-hybridized carbons (Fsp3) is 0.250. The van der Waals surface area contributed by atoms with Gasteiger partial charge in [-0.25, -0.2) is 8.42 Å². The van der Waals surface area contributed by atoms with Gasteiger partial charge < -0.3 is 0 Å². The van der Waals surface area contributed by atoms with Gasteiger partial charge in [-0.3, -0.25) is 0 Å². The molecule has 1 aromatic rings. The summed E-state index contributed by atoms with van der Waals surface area (Å²) in [5, 5.41) is 0.521. The zero-order valence-electron chi connectivity index (χ0n) is 7.33. The third-order valence-electron chi connectivity index (χ3n) is 1.51. The van der Waals surface area contributed by atoms with Crippen molar-refractivity contribution < 1.29 is 8.42 Å². The van der Waals surface area contributed by atoms with Crippen molar-refractivity contribution in [3.05, 3.63) is 28.8 Å². The molecule has 0 spiro atoms. The lowest BCUT2D eigenvalue weighted by atomic mass is 10.2. The van der Waals surface area contributed by atoms with Gasteiger partial charge in [-0.1, -0.05) is 11.6 Å². The molecule has 0 saturated carbocycles. The first-order valence-corrected chi connectivity index (χ1v) is 7.74. The summed E-state index contributed by atoms with van der Waals surface area (Å²) in [4.78, 5) is 0.924. The van der Waals surface area contributed by atoms with Crippen molar-refractivity contribution in [3.63, 3.8) is 0 Å². The Morgan fingerprint density at radius 1 is 1.36 bits per heavy atom. The van der Waals surface area contributed by atoms with E-state index in [9.17, 15) is 8.42 Å². The van der Waals surface area contributed by atoms with Gasteiger partial charge in [-0.15, -0.1) is 11.8 Å². The molecule has 1 aromatic carbocycles. The highest BCUT2D eigenvalue weighted by molar-refractivity contribution is 8.13. The molecule has 0 heterocycles. The number of thioether (sulfide) groups is 1. The molecule has 0 atom stereocenters. The second-order valence-corrected chi connectivity index (χ2v) is 6.78. The number of halogens is 2. The van der Waals surface area contributed by atoms with Crippen LogP contribution in [-0.4, -0.2) is 14.7 Å². The molecule has 0 radical (unpaired) electrons. The van der Waals surface area contributed by atoms with Crippen LogP contribution in [0.3, 0.4) is 0 Å². The first-order valence-electron chi connectivity index (χ1n) is 3.66. The number of hydrogen-bond acceptors (Lipinski definition) is 3. The van der Waals surface area contributed by atoms with E-state index in [0.29, 0.717) is 10.6 Å². The first-order chi connectivity index (χ1) is 6.40. The molecule has 0 unspecified atom stereocenters. The summed E-state index contributed by atoms with van der Waals surface area (Å²) in [7, 11) is 1.62. The topological polar surface area (TPSA) is 34.1 Å². The van der Waals surface area contributed by atoms with Gasteiger partial charge in [-0.05, 0) is 30.0 Å². The lowest BCUT2D eigenvalue weighted by molar-refractivity contribution is 0.609. The highest BCUT2D eigenvalue weighted by Crippen LogP contribution is 2.23. The Kier molecular flexibility index (Phi) is 4.13. The average molecular weight is 271 g/mol. The number of benzene rings is 1. The third-order valence-corrected chi connectivity index (χ3v) is 3.44. The van der Waals surface area contributed by atoms with Gasteiger partial charge in [0, 0.05) is 20.6 Å². The maximum atomic E-state index is 10.8. The van der Waals surface area contributed by atoms with Crippen molar-refractivity contribution in [1.29, 1.82) is 0 Å². The zero-order valence-corrected chi connectivity index (χ0v) is 10.5. The van der Waals surface area contributed by atoms with E-state index in [-0.39, 0.29) is 5.75 Å². The minimum absolute atomic E-state index is 0.192. The molecule has 14 heavy (non-hydrogen) atoms. The van der Waals surface area contributed by atoms with Gasteiger partial charge >= 0.3 is 0 Å². The summed E-state index contributed by atoms with van der Waals surface area (Å²) >= 11 is 7.31. The molecule has 0 amide bonds. The van der Waals surface area contributed by atoms with E-state index in [2.05, 4.69) is 0 Å². The van der Waals surface area contributed by atoms with Crippen molar-refractivity contribution in [2.45, 2.75) is 10.6 Å². The molecule has 2 nitrogen and oxygen atoms in total. The number of rotatable bonds is 3. The molecule has 0 aliphatic carbocycles. The second kappa shape index (κ2) is 4.75. The normalized spacial score (nSPS) is 11.6. The largest absolute Gasteiger partial charge is 0.236 e. The quantitative estimate of drug-likeness (QED) is 0.625. The highest BCUT2D eigenvalue weighted by atomic mass is 35.7. The maximum Gasteiger partial charge on any atom is 0.236 e. The summed E-state index contributed by atoms with van der Waals surface area (Å²) < 4.78 is 21.7. The van der Waals surface area contributed by atoms with Gasteiger partial charge in [0.2, 0.25) is 9.05 Å². The van der Waals surface area contributed by atoms with Crippen molar-refractivity contribution in [3.8, 4) is 0 Å². The molecule has 1 rings (SSSR count). The smallest absolute Gasteiger partial charge is 0.212 e. The van der Waals surface area contributed by atoms with E-state index in [1.54, 1.807) is 18.2 Å². The van der Waals surface area contributed by atoms with Crippen molar-refractivity contribution in [1.82, 2.24) is 0 Å². The van der Waals surface area contributed by atoms with Crippen LogP contribution < -0.4 is 0 Å². The molecule has 0 bridgehead atoms. The Bertz CT molecular complexity index is 429. The van der Waals surface area contributed by atoms with Crippen LogP contribution in [0.4, 0.5) is 0 Å². The van der Waals surface area contributed by atoms with Crippen LogP contribution in [0.2, 0.25) is 5.02 Å². The lowest BCUT2D eigenvalue weighted by Gasteiger charge is -2.02. The van der Waals surface area contributed by atoms with E-state index in [0.717, 1.165) is 4.90 Å². The van der Waals surface area contributed by atoms with Gasteiger partial charge in [-0.2, -0.15) is 0 Å². The Morgan fingerprint density at radius 2 is 2.00 bits per heavy atom. The third kappa shape index (κ3) is 4.09. The Balaban J connectivity index is 3.04. The van der Waals surface area contributed by atoms with Crippen LogP contribution in [0.5, 0.6) is 0 Å². The van der Waals surface area contributed by atoms with E-state index in [1.165, 1.54) is 11.8 Å². The first kappa shape index (κ1) is 12.2. The number of hydrogen-bond donors (Lipinski definition) is 0. The minimum Gasteiger partial charge on any atom is -0.212 e. The predicted octanol–water partition coefficient (Wildman–Crippen LogP) is 3.13. The van der Waals surface area contributed by atoms with Crippen molar-refractivity contribution >= 4 is 43.1 Å². The van der Waals surface area contributed by atoms with Crippen LogP contribution in [0, 0.1) is 0 Å². The van der Waals surface area contributed by atoms with E-state index in [4.69, 9.17) is 22.3 Å².